The van der Waals surface area contributed by atoms with Crippen LogP contribution in [0.4, 0.5) is 5.69 Å². The van der Waals surface area contributed by atoms with Crippen molar-refractivity contribution in [2.45, 2.75) is 13.5 Å². The zero-order chi connectivity index (χ0) is 20.1. The van der Waals surface area contributed by atoms with Crippen LogP contribution in [0.15, 0.2) is 36.5 Å². The van der Waals surface area contributed by atoms with Crippen LogP contribution in [0.25, 0.3) is 5.65 Å². The lowest BCUT2D eigenvalue weighted by Crippen LogP contribution is -2.27. The molecule has 0 saturated carbocycles. The Morgan fingerprint density at radius 3 is 2.71 bits per heavy atom. The van der Waals surface area contributed by atoms with Crippen molar-refractivity contribution < 1.29 is 19.4 Å². The molecule has 0 fully saturated rings. The molecule has 3 rings (SSSR count). The molecule has 3 aromatic rings. The van der Waals surface area contributed by atoms with Crippen LogP contribution in [0.1, 0.15) is 23.0 Å². The molecule has 2 aromatic heterocycles. The van der Waals surface area contributed by atoms with E-state index in [0.29, 0.717) is 24.4 Å². The number of esters is 1. The van der Waals surface area contributed by atoms with Crippen molar-refractivity contribution in [3.05, 3.63) is 52.9 Å². The number of hydrogen-bond donors (Lipinski definition) is 1. The van der Waals surface area contributed by atoms with Crippen molar-refractivity contribution in [1.29, 1.82) is 0 Å². The average molecular weight is 405 g/mol. The van der Waals surface area contributed by atoms with Gasteiger partial charge in [-0.2, -0.15) is 5.10 Å². The maximum Gasteiger partial charge on any atom is 0.358 e. The molecule has 148 valence electrons. The predicted molar refractivity (Wildman–Crippen MR) is 105 cm³/mol. The average Bonchev–Trinajstić information content (AvgIpc) is 3.11. The summed E-state index contributed by atoms with van der Waals surface area (Å²) in [6.07, 6.45) is 1.41. The van der Waals surface area contributed by atoms with E-state index in [2.05, 4.69) is 10.1 Å². The Balaban J connectivity index is 2.00. The number of benzene rings is 1. The van der Waals surface area contributed by atoms with Crippen molar-refractivity contribution in [2.24, 2.45) is 0 Å². The molecule has 1 aromatic carbocycles. The number of anilines is 1. The molecule has 0 aliphatic carbocycles. The monoisotopic (exact) mass is 404 g/mol. The summed E-state index contributed by atoms with van der Waals surface area (Å²) in [4.78, 5) is 18.4. The molecule has 2 heterocycles. The van der Waals surface area contributed by atoms with Gasteiger partial charge in [-0.15, -0.1) is 0 Å². The fourth-order valence-corrected chi connectivity index (χ4v) is 3.04. The molecule has 0 aliphatic rings. The summed E-state index contributed by atoms with van der Waals surface area (Å²) in [6.45, 7) is 2.76. The van der Waals surface area contributed by atoms with Gasteiger partial charge in [-0.3, -0.25) is 0 Å². The lowest BCUT2D eigenvalue weighted by atomic mass is 10.2. The van der Waals surface area contributed by atoms with E-state index in [-0.39, 0.29) is 24.1 Å². The fraction of sp³-hybridized carbons (Fsp3) is 0.316. The minimum Gasteiger partial charge on any atom is -0.497 e. The van der Waals surface area contributed by atoms with Gasteiger partial charge in [-0.05, 0) is 24.6 Å². The van der Waals surface area contributed by atoms with Gasteiger partial charge < -0.3 is 19.5 Å². The van der Waals surface area contributed by atoms with Crippen molar-refractivity contribution in [3.8, 4) is 5.75 Å². The van der Waals surface area contributed by atoms with E-state index in [1.54, 1.807) is 20.1 Å². The Labute approximate surface area is 167 Å². The van der Waals surface area contributed by atoms with E-state index in [1.165, 1.54) is 10.7 Å². The molecule has 0 radical (unpaired) electrons. The molecule has 0 unspecified atom stereocenters. The van der Waals surface area contributed by atoms with Gasteiger partial charge in [-0.1, -0.05) is 23.7 Å². The van der Waals surface area contributed by atoms with Gasteiger partial charge in [0.1, 0.15) is 5.75 Å². The third kappa shape index (κ3) is 4.18. The van der Waals surface area contributed by atoms with E-state index in [1.807, 2.05) is 29.2 Å². The number of aliphatic hydroxyl groups excluding tert-OH is 1. The number of imidazole rings is 1. The molecular weight excluding hydrogens is 384 g/mol. The van der Waals surface area contributed by atoms with Gasteiger partial charge in [-0.25, -0.2) is 14.3 Å². The summed E-state index contributed by atoms with van der Waals surface area (Å²) in [7, 11) is 1.61. The second-order valence-electron chi connectivity index (χ2n) is 5.94. The van der Waals surface area contributed by atoms with E-state index in [9.17, 15) is 9.90 Å². The number of nitrogens with zero attached hydrogens (tertiary/aromatic N) is 4. The summed E-state index contributed by atoms with van der Waals surface area (Å²) < 4.78 is 11.6. The third-order valence-corrected chi connectivity index (χ3v) is 4.33. The highest BCUT2D eigenvalue weighted by molar-refractivity contribution is 6.29. The SMILES string of the molecule is CCOC(=O)c1cnc2c(N(CCO)Cc3ccc(OC)cc3)cc(Cl)nn12. The first kappa shape index (κ1) is 19.9. The molecular formula is C19H21ClN4O4. The summed E-state index contributed by atoms with van der Waals surface area (Å²) in [5, 5.41) is 13.9. The molecule has 0 atom stereocenters. The minimum atomic E-state index is -0.528. The standard InChI is InChI=1S/C19H21ClN4O4/c1-3-28-19(26)16-11-21-18-15(10-17(20)22-24(16)18)23(8-9-25)12-13-4-6-14(27-2)7-5-13/h4-7,10-11,25H,3,8-9,12H2,1-2H3. The van der Waals surface area contributed by atoms with Gasteiger partial charge in [0.15, 0.2) is 16.5 Å². The summed E-state index contributed by atoms with van der Waals surface area (Å²) in [5.74, 6) is 0.235. The van der Waals surface area contributed by atoms with Gasteiger partial charge in [0.2, 0.25) is 0 Å². The molecule has 0 aliphatic heterocycles. The van der Waals surface area contributed by atoms with E-state index < -0.39 is 5.97 Å². The van der Waals surface area contributed by atoms with Crippen LogP contribution in [0.2, 0.25) is 5.15 Å². The molecule has 1 N–H and O–H groups in total. The predicted octanol–water partition coefficient (Wildman–Crippen LogP) is 2.57. The van der Waals surface area contributed by atoms with Gasteiger partial charge in [0, 0.05) is 19.2 Å². The van der Waals surface area contributed by atoms with E-state index in [4.69, 9.17) is 21.1 Å². The second kappa shape index (κ2) is 8.90. The number of hydrogen-bond acceptors (Lipinski definition) is 7. The molecule has 9 heteroatoms. The largest absolute Gasteiger partial charge is 0.497 e. The number of methoxy groups -OCH3 is 1. The minimum absolute atomic E-state index is 0.0618. The Bertz CT molecular complexity index is 958. The number of carbonyl (C=O) groups excluding carboxylic acids is 1. The lowest BCUT2D eigenvalue weighted by Gasteiger charge is -2.24. The lowest BCUT2D eigenvalue weighted by molar-refractivity contribution is 0.0516. The Morgan fingerprint density at radius 1 is 1.32 bits per heavy atom. The Kier molecular flexibility index (Phi) is 6.33. The number of fused-ring (bicyclic) bond motifs is 1. The van der Waals surface area contributed by atoms with Crippen molar-refractivity contribution >= 4 is 28.9 Å². The highest BCUT2D eigenvalue weighted by atomic mass is 35.5. The number of aromatic nitrogens is 3. The fourth-order valence-electron chi connectivity index (χ4n) is 2.86. The summed E-state index contributed by atoms with van der Waals surface area (Å²) in [6, 6.07) is 9.29. The van der Waals surface area contributed by atoms with Crippen LogP contribution in [-0.2, 0) is 11.3 Å². The topological polar surface area (TPSA) is 89.2 Å². The first-order valence-electron chi connectivity index (χ1n) is 8.77. The number of halogens is 1. The first-order valence-corrected chi connectivity index (χ1v) is 9.15. The molecule has 0 spiro atoms. The van der Waals surface area contributed by atoms with Gasteiger partial charge in [0.05, 0.1) is 32.2 Å². The van der Waals surface area contributed by atoms with E-state index >= 15 is 0 Å². The number of carbonyl (C=O) groups is 1. The van der Waals surface area contributed by atoms with Crippen LogP contribution < -0.4 is 9.64 Å². The van der Waals surface area contributed by atoms with Gasteiger partial charge >= 0.3 is 5.97 Å². The second-order valence-corrected chi connectivity index (χ2v) is 6.33. The Morgan fingerprint density at radius 2 is 2.07 bits per heavy atom. The first-order chi connectivity index (χ1) is 13.6. The van der Waals surface area contributed by atoms with Crippen LogP contribution in [0.5, 0.6) is 5.75 Å². The maximum atomic E-state index is 12.2. The number of ether oxygens (including phenoxy) is 2. The summed E-state index contributed by atoms with van der Waals surface area (Å²) in [5.41, 5.74) is 2.31. The van der Waals surface area contributed by atoms with Gasteiger partial charge in [0.25, 0.3) is 0 Å². The molecule has 0 amide bonds. The van der Waals surface area contributed by atoms with Crippen LogP contribution in [0, 0.1) is 0 Å². The highest BCUT2D eigenvalue weighted by Crippen LogP contribution is 2.26. The smallest absolute Gasteiger partial charge is 0.358 e. The number of rotatable bonds is 8. The van der Waals surface area contributed by atoms with E-state index in [0.717, 1.165) is 11.3 Å². The summed E-state index contributed by atoms with van der Waals surface area (Å²) >= 11 is 6.20. The van der Waals surface area contributed by atoms with Crippen molar-refractivity contribution in [2.75, 3.05) is 31.8 Å². The number of aliphatic hydroxyl groups is 1. The van der Waals surface area contributed by atoms with Crippen LogP contribution >= 0.6 is 11.6 Å². The molecule has 8 nitrogen and oxygen atoms in total. The molecule has 0 saturated heterocycles. The molecule has 0 bridgehead atoms. The zero-order valence-electron chi connectivity index (χ0n) is 15.6. The maximum absolute atomic E-state index is 12.2. The van der Waals surface area contributed by atoms with Crippen LogP contribution in [-0.4, -0.2) is 52.5 Å². The molecule has 28 heavy (non-hydrogen) atoms. The quantitative estimate of drug-likeness (QED) is 0.577. The zero-order valence-corrected chi connectivity index (χ0v) is 16.4. The van der Waals surface area contributed by atoms with Crippen molar-refractivity contribution in [3.63, 3.8) is 0 Å². The van der Waals surface area contributed by atoms with Crippen molar-refractivity contribution in [1.82, 2.24) is 14.6 Å². The normalized spacial score (nSPS) is 10.9. The highest BCUT2D eigenvalue weighted by Gasteiger charge is 2.20. The third-order valence-electron chi connectivity index (χ3n) is 4.15. The Hall–Kier alpha value is -2.84. The van der Waals surface area contributed by atoms with Crippen LogP contribution in [0.3, 0.4) is 0 Å².